The maximum absolute atomic E-state index is 12.4. The van der Waals surface area contributed by atoms with Crippen molar-refractivity contribution in [2.45, 2.75) is 44.1 Å². The minimum Gasteiger partial charge on any atom is -0.480 e. The minimum atomic E-state index is -1.13. The first-order valence-electron chi connectivity index (χ1n) is 11.5. The van der Waals surface area contributed by atoms with E-state index in [0.29, 0.717) is 38.8 Å². The molecule has 0 bridgehead atoms. The molecule has 2 aromatic rings. The van der Waals surface area contributed by atoms with Crippen LogP contribution in [0.2, 0.25) is 0 Å². The minimum absolute atomic E-state index is 0.0974. The van der Waals surface area contributed by atoms with E-state index < -0.39 is 18.1 Å². The Hall–Kier alpha value is -3.86. The summed E-state index contributed by atoms with van der Waals surface area (Å²) in [7, 11) is 0. The number of hydrogen-bond acceptors (Lipinski definition) is 4. The van der Waals surface area contributed by atoms with Gasteiger partial charge in [0.2, 0.25) is 12.5 Å². The fourth-order valence-electron chi connectivity index (χ4n) is 4.15. The number of hydrogen-bond donors (Lipinski definition) is 3. The molecular weight excluding hydrogens is 434 g/mol. The van der Waals surface area contributed by atoms with Crippen LogP contribution < -0.4 is 10.6 Å². The number of amides is 2. The van der Waals surface area contributed by atoms with Gasteiger partial charge in [-0.25, -0.2) is 16.2 Å². The molecule has 0 radical (unpaired) electrons. The maximum Gasteiger partial charge on any atom is 0.407 e. The zero-order valence-corrected chi connectivity index (χ0v) is 19.0. The topological polar surface area (TPSA) is 109 Å². The van der Waals surface area contributed by atoms with Crippen LogP contribution in [0.4, 0.5) is 4.79 Å². The van der Waals surface area contributed by atoms with E-state index in [4.69, 9.17) is 11.3 Å². The molecule has 0 saturated carbocycles. The third kappa shape index (κ3) is 6.58. The van der Waals surface area contributed by atoms with Gasteiger partial charge in [-0.3, -0.25) is 4.79 Å². The molecule has 1 aliphatic rings. The van der Waals surface area contributed by atoms with Crippen molar-refractivity contribution in [3.63, 3.8) is 0 Å². The van der Waals surface area contributed by atoms with E-state index in [1.54, 1.807) is 0 Å². The average molecular weight is 464 g/mol. The molecule has 0 heterocycles. The number of ether oxygens (including phenoxy) is 1. The lowest BCUT2D eigenvalue weighted by atomic mass is 9.98. The van der Waals surface area contributed by atoms with Gasteiger partial charge in [0.05, 0.1) is 0 Å². The molecule has 8 heteroatoms. The van der Waals surface area contributed by atoms with E-state index >= 15 is 0 Å². The van der Waals surface area contributed by atoms with Gasteiger partial charge in [-0.15, -0.1) is 0 Å². The lowest BCUT2D eigenvalue weighted by Gasteiger charge is -2.17. The first kappa shape index (κ1) is 24.8. The molecule has 0 aromatic heterocycles. The fourth-order valence-corrected chi connectivity index (χ4v) is 4.15. The van der Waals surface area contributed by atoms with Gasteiger partial charge in [0, 0.05) is 25.3 Å². The van der Waals surface area contributed by atoms with Crippen LogP contribution in [0, 0.1) is 6.57 Å². The summed E-state index contributed by atoms with van der Waals surface area (Å²) >= 11 is 0. The van der Waals surface area contributed by atoms with Crippen molar-refractivity contribution >= 4 is 18.0 Å². The van der Waals surface area contributed by atoms with Gasteiger partial charge in [-0.05, 0) is 41.5 Å². The third-order valence-electron chi connectivity index (χ3n) is 5.85. The molecule has 0 aliphatic heterocycles. The summed E-state index contributed by atoms with van der Waals surface area (Å²) in [5, 5.41) is 14.7. The van der Waals surface area contributed by atoms with Crippen molar-refractivity contribution in [2.24, 2.45) is 0 Å². The Bertz CT molecular complexity index is 1020. The Kier molecular flexibility index (Phi) is 9.04. The molecule has 8 nitrogen and oxygen atoms in total. The van der Waals surface area contributed by atoms with Crippen LogP contribution in [-0.2, 0) is 14.3 Å². The number of carbonyl (C=O) groups is 3. The first-order chi connectivity index (χ1) is 16.5. The van der Waals surface area contributed by atoms with Crippen LogP contribution in [0.1, 0.15) is 49.1 Å². The van der Waals surface area contributed by atoms with Gasteiger partial charge in [0.15, 0.2) is 0 Å². The number of fused-ring (bicyclic) bond motifs is 3. The summed E-state index contributed by atoms with van der Waals surface area (Å²) < 4.78 is 5.43. The smallest absolute Gasteiger partial charge is 0.407 e. The fraction of sp³-hybridized carbons (Fsp3) is 0.385. The molecule has 2 amide bonds. The Morgan fingerprint density at radius 3 is 2.26 bits per heavy atom. The Labute approximate surface area is 199 Å². The van der Waals surface area contributed by atoms with E-state index in [2.05, 4.69) is 15.5 Å². The number of alkyl carbamates (subject to hydrolysis) is 1. The lowest BCUT2D eigenvalue weighted by Crippen LogP contribution is -2.41. The molecule has 0 fully saturated rings. The first-order valence-corrected chi connectivity index (χ1v) is 11.5. The predicted octanol–water partition coefficient (Wildman–Crippen LogP) is 3.96. The van der Waals surface area contributed by atoms with Gasteiger partial charge in [0.1, 0.15) is 12.6 Å². The summed E-state index contributed by atoms with van der Waals surface area (Å²) in [4.78, 5) is 38.8. The summed E-state index contributed by atoms with van der Waals surface area (Å²) in [5.41, 5.74) is 4.41. The molecule has 3 N–H and O–H groups in total. The number of carboxylic acids is 1. The Balaban J connectivity index is 1.44. The number of aliphatic carboxylic acids is 1. The number of carbonyl (C=O) groups excluding carboxylic acids is 2. The molecular formula is C26H29N3O5. The van der Waals surface area contributed by atoms with E-state index in [0.717, 1.165) is 22.3 Å². The van der Waals surface area contributed by atoms with Crippen molar-refractivity contribution in [3.8, 4) is 11.1 Å². The van der Waals surface area contributed by atoms with Crippen molar-refractivity contribution < 1.29 is 24.2 Å². The number of rotatable bonds is 12. The second-order valence-electron chi connectivity index (χ2n) is 8.19. The maximum atomic E-state index is 12.4. The van der Waals surface area contributed by atoms with Crippen LogP contribution in [-0.4, -0.2) is 48.8 Å². The van der Waals surface area contributed by atoms with Gasteiger partial charge < -0.3 is 25.3 Å². The van der Waals surface area contributed by atoms with Gasteiger partial charge in [0.25, 0.3) is 0 Å². The molecule has 2 aromatic carbocycles. The van der Waals surface area contributed by atoms with Crippen molar-refractivity contribution in [2.75, 3.05) is 19.7 Å². The lowest BCUT2D eigenvalue weighted by molar-refractivity contribution is -0.139. The zero-order chi connectivity index (χ0) is 24.3. The summed E-state index contributed by atoms with van der Waals surface area (Å²) in [6, 6.07) is 14.9. The Morgan fingerprint density at radius 2 is 1.65 bits per heavy atom. The normalized spacial score (nSPS) is 12.7. The van der Waals surface area contributed by atoms with Crippen LogP contribution in [0.3, 0.4) is 0 Å². The van der Waals surface area contributed by atoms with Crippen LogP contribution >= 0.6 is 0 Å². The molecule has 34 heavy (non-hydrogen) atoms. The average Bonchev–Trinajstić information content (AvgIpc) is 3.15. The number of unbranched alkanes of at least 4 members (excludes halogenated alkanes) is 1. The van der Waals surface area contributed by atoms with Crippen LogP contribution in [0.15, 0.2) is 48.5 Å². The SMILES string of the molecule is [C-]#[N+]CCCC(=O)NCCCC[C@H](NC(=O)OCC1c2ccccc2-c2ccccc21)C(=O)O. The van der Waals surface area contributed by atoms with Crippen molar-refractivity contribution in [1.29, 1.82) is 0 Å². The van der Waals surface area contributed by atoms with E-state index in [1.165, 1.54) is 0 Å². The van der Waals surface area contributed by atoms with E-state index in [-0.39, 0.29) is 24.9 Å². The second kappa shape index (κ2) is 12.4. The summed E-state index contributed by atoms with van der Waals surface area (Å²) in [6.07, 6.45) is 1.41. The Morgan fingerprint density at radius 1 is 1.00 bits per heavy atom. The molecule has 0 spiro atoms. The summed E-state index contributed by atoms with van der Waals surface area (Å²) in [6.45, 7) is 7.57. The number of nitrogens with one attached hydrogen (secondary N) is 2. The molecule has 1 atom stereocenters. The molecule has 3 rings (SSSR count). The highest BCUT2D eigenvalue weighted by Gasteiger charge is 2.29. The quantitative estimate of drug-likeness (QED) is 0.326. The molecule has 0 saturated heterocycles. The predicted molar refractivity (Wildman–Crippen MR) is 127 cm³/mol. The summed E-state index contributed by atoms with van der Waals surface area (Å²) in [5.74, 6) is -1.34. The standard InChI is InChI=1S/C26H29N3O5/c1-27-15-8-14-24(30)28-16-7-6-13-23(25(31)32)29-26(33)34-17-22-20-11-4-2-9-18(20)19-10-3-5-12-21(19)22/h2-5,9-12,22-23H,6-8,13-17H2,(H,28,30)(H,29,33)(H,31,32)/t23-/m0/s1. The van der Waals surface area contributed by atoms with E-state index in [9.17, 15) is 19.5 Å². The van der Waals surface area contributed by atoms with E-state index in [1.807, 2.05) is 48.5 Å². The monoisotopic (exact) mass is 463 g/mol. The second-order valence-corrected chi connectivity index (χ2v) is 8.19. The number of benzene rings is 2. The van der Waals surface area contributed by atoms with Gasteiger partial charge >= 0.3 is 12.1 Å². The molecule has 1 aliphatic carbocycles. The zero-order valence-electron chi connectivity index (χ0n) is 19.0. The number of nitrogens with zero attached hydrogens (tertiary/aromatic N) is 1. The highest BCUT2D eigenvalue weighted by atomic mass is 16.5. The highest BCUT2D eigenvalue weighted by Crippen LogP contribution is 2.44. The van der Waals surface area contributed by atoms with Crippen LogP contribution in [0.5, 0.6) is 0 Å². The highest BCUT2D eigenvalue weighted by molar-refractivity contribution is 5.81. The molecule has 0 unspecified atom stereocenters. The molecule has 178 valence electrons. The van der Waals surface area contributed by atoms with Crippen molar-refractivity contribution in [3.05, 3.63) is 71.1 Å². The van der Waals surface area contributed by atoms with Gasteiger partial charge in [-0.2, -0.15) is 0 Å². The third-order valence-corrected chi connectivity index (χ3v) is 5.85. The van der Waals surface area contributed by atoms with Gasteiger partial charge in [-0.1, -0.05) is 48.5 Å². The van der Waals surface area contributed by atoms with Crippen molar-refractivity contribution in [1.82, 2.24) is 10.6 Å². The van der Waals surface area contributed by atoms with Crippen LogP contribution in [0.25, 0.3) is 16.0 Å². The number of carboxylic acid groups (broad SMARTS) is 1. The largest absolute Gasteiger partial charge is 0.480 e.